The highest BCUT2D eigenvalue weighted by Gasteiger charge is 2.31. The van der Waals surface area contributed by atoms with E-state index in [1.165, 1.54) is 44.9 Å². The molecule has 1 N–H and O–H groups in total. The second-order valence-electron chi connectivity index (χ2n) is 10.8. The van der Waals surface area contributed by atoms with Crippen LogP contribution in [0.1, 0.15) is 97.5 Å². The highest BCUT2D eigenvalue weighted by Crippen LogP contribution is 2.34. The molecule has 228 valence electrons. The quantitative estimate of drug-likeness (QED) is 0.132. The molecule has 0 aliphatic heterocycles. The lowest BCUT2D eigenvalue weighted by Gasteiger charge is -2.25. The summed E-state index contributed by atoms with van der Waals surface area (Å²) in [5.74, 6) is 0.111. The van der Waals surface area contributed by atoms with E-state index in [1.807, 2.05) is 12.1 Å². The topological polar surface area (TPSA) is 67.9 Å². The minimum Gasteiger partial charge on any atom is -0.476 e. The van der Waals surface area contributed by atoms with Crippen LogP contribution in [0.4, 0.5) is 10.5 Å². The maximum atomic E-state index is 13.4. The minimum absolute atomic E-state index is 0.278. The summed E-state index contributed by atoms with van der Waals surface area (Å²) in [6, 6.07) is 10.2. The number of urea groups is 1. The van der Waals surface area contributed by atoms with E-state index in [9.17, 15) is 9.59 Å². The number of halogens is 3. The van der Waals surface area contributed by atoms with Crippen LogP contribution in [0.5, 0.6) is 5.75 Å². The molecule has 0 aromatic heterocycles. The van der Waals surface area contributed by atoms with Crippen molar-refractivity contribution in [1.29, 1.82) is 0 Å². The third kappa shape index (κ3) is 12.7. The van der Waals surface area contributed by atoms with E-state index in [4.69, 9.17) is 44.3 Å². The second-order valence-corrected chi connectivity index (χ2v) is 12.0. The summed E-state index contributed by atoms with van der Waals surface area (Å²) in [7, 11) is 0. The summed E-state index contributed by atoms with van der Waals surface area (Å²) in [5.41, 5.74) is 0.137. The third-order valence-corrected chi connectivity index (χ3v) is 7.56. The molecule has 0 heterocycles. The number of esters is 1. The predicted molar refractivity (Wildman–Crippen MR) is 171 cm³/mol. The Bertz CT molecular complexity index is 1070. The summed E-state index contributed by atoms with van der Waals surface area (Å²) < 4.78 is 11.0. The Kier molecular flexibility index (Phi) is 15.7. The molecular formula is C32H45Cl3N2O4. The summed E-state index contributed by atoms with van der Waals surface area (Å²) in [5, 5.41) is 3.82. The summed E-state index contributed by atoms with van der Waals surface area (Å²) in [6.07, 6.45) is 12.1. The van der Waals surface area contributed by atoms with Crippen LogP contribution >= 0.6 is 34.8 Å². The highest BCUT2D eigenvalue weighted by molar-refractivity contribution is 6.42. The van der Waals surface area contributed by atoms with Gasteiger partial charge in [0.05, 0.1) is 22.3 Å². The maximum absolute atomic E-state index is 13.4. The number of ether oxygens (including phenoxy) is 2. The Morgan fingerprint density at radius 1 is 0.829 bits per heavy atom. The van der Waals surface area contributed by atoms with E-state index in [0.29, 0.717) is 29.5 Å². The summed E-state index contributed by atoms with van der Waals surface area (Å²) in [4.78, 5) is 27.3. The van der Waals surface area contributed by atoms with Gasteiger partial charge in [0, 0.05) is 18.1 Å². The molecule has 2 amide bonds. The molecule has 41 heavy (non-hydrogen) atoms. The number of amides is 2. The lowest BCUT2D eigenvalue weighted by Crippen LogP contribution is -2.39. The SMILES string of the molecule is CCCCCCCCCCCCN(Cc1ccc(OC(C)(C)C(=O)OCC)cc1)C(=O)Nc1c(Cl)cc(Cl)cc1Cl. The van der Waals surface area contributed by atoms with Crippen LogP contribution in [-0.2, 0) is 16.1 Å². The van der Waals surface area contributed by atoms with Crippen molar-refractivity contribution >= 4 is 52.5 Å². The zero-order valence-corrected chi connectivity index (χ0v) is 27.1. The molecule has 0 saturated heterocycles. The van der Waals surface area contributed by atoms with Gasteiger partial charge in [-0.2, -0.15) is 0 Å². The molecule has 6 nitrogen and oxygen atoms in total. The van der Waals surface area contributed by atoms with Gasteiger partial charge in [0.15, 0.2) is 5.60 Å². The van der Waals surface area contributed by atoms with Crippen LogP contribution in [0.25, 0.3) is 0 Å². The molecule has 2 aromatic carbocycles. The first-order valence-electron chi connectivity index (χ1n) is 14.7. The Labute approximate surface area is 261 Å². The summed E-state index contributed by atoms with van der Waals surface area (Å²) >= 11 is 18.7. The maximum Gasteiger partial charge on any atom is 0.349 e. The normalized spacial score (nSPS) is 11.3. The molecule has 2 aromatic rings. The molecule has 0 aliphatic rings. The average molecular weight is 628 g/mol. The zero-order chi connectivity index (χ0) is 30.3. The van der Waals surface area contributed by atoms with E-state index in [-0.39, 0.29) is 22.7 Å². The number of carbonyl (C=O) groups excluding carboxylic acids is 2. The number of benzene rings is 2. The first-order chi connectivity index (χ1) is 19.6. The van der Waals surface area contributed by atoms with Crippen molar-refractivity contribution in [1.82, 2.24) is 4.90 Å². The predicted octanol–water partition coefficient (Wildman–Crippen LogP) is 10.3. The van der Waals surface area contributed by atoms with E-state index >= 15 is 0 Å². The van der Waals surface area contributed by atoms with Crippen molar-refractivity contribution in [3.8, 4) is 5.75 Å². The first kappa shape index (κ1) is 35.0. The van der Waals surface area contributed by atoms with Gasteiger partial charge in [-0.05, 0) is 57.0 Å². The fraction of sp³-hybridized carbons (Fsp3) is 0.562. The van der Waals surface area contributed by atoms with Crippen molar-refractivity contribution in [2.24, 2.45) is 0 Å². The standard InChI is InChI=1S/C32H45Cl3N2O4/c1-5-7-8-9-10-11-12-13-14-15-20-37(31(39)36-29-27(34)21-25(33)22-28(29)35)23-24-16-18-26(19-17-24)41-32(3,4)30(38)40-6-2/h16-19,21-22H,5-15,20,23H2,1-4H3,(H,36,39). The molecule has 0 aliphatic carbocycles. The molecule has 0 fully saturated rings. The molecular weight excluding hydrogens is 583 g/mol. The van der Waals surface area contributed by atoms with Gasteiger partial charge in [-0.15, -0.1) is 0 Å². The van der Waals surface area contributed by atoms with Crippen LogP contribution in [0.3, 0.4) is 0 Å². The van der Waals surface area contributed by atoms with Crippen molar-refractivity contribution in [2.45, 2.75) is 104 Å². The number of nitrogens with zero attached hydrogens (tertiary/aromatic N) is 1. The molecule has 0 radical (unpaired) electrons. The third-order valence-electron chi connectivity index (χ3n) is 6.74. The van der Waals surface area contributed by atoms with Crippen LogP contribution in [0.2, 0.25) is 15.1 Å². The van der Waals surface area contributed by atoms with Crippen LogP contribution in [0.15, 0.2) is 36.4 Å². The molecule has 2 rings (SSSR count). The van der Waals surface area contributed by atoms with Gasteiger partial charge in [0.25, 0.3) is 0 Å². The van der Waals surface area contributed by atoms with Gasteiger partial charge in [0.1, 0.15) is 5.75 Å². The van der Waals surface area contributed by atoms with Crippen LogP contribution in [0, 0.1) is 0 Å². The number of hydrogen-bond donors (Lipinski definition) is 1. The summed E-state index contributed by atoms with van der Waals surface area (Å²) in [6.45, 7) is 8.59. The van der Waals surface area contributed by atoms with Gasteiger partial charge in [-0.25, -0.2) is 9.59 Å². The Hall–Kier alpha value is -2.15. The van der Waals surface area contributed by atoms with Gasteiger partial charge < -0.3 is 19.7 Å². The molecule has 0 atom stereocenters. The Morgan fingerprint density at radius 2 is 1.37 bits per heavy atom. The van der Waals surface area contributed by atoms with E-state index < -0.39 is 11.6 Å². The Morgan fingerprint density at radius 3 is 1.90 bits per heavy atom. The van der Waals surface area contributed by atoms with E-state index in [1.54, 1.807) is 49.9 Å². The van der Waals surface area contributed by atoms with Gasteiger partial charge in [-0.3, -0.25) is 0 Å². The molecule has 0 bridgehead atoms. The number of rotatable bonds is 18. The lowest BCUT2D eigenvalue weighted by molar-refractivity contribution is -0.158. The number of anilines is 1. The number of nitrogens with one attached hydrogen (secondary N) is 1. The zero-order valence-electron chi connectivity index (χ0n) is 24.9. The molecule has 0 spiro atoms. The fourth-order valence-electron chi connectivity index (χ4n) is 4.41. The monoisotopic (exact) mass is 626 g/mol. The van der Waals surface area contributed by atoms with Gasteiger partial charge in [-0.1, -0.05) is 112 Å². The largest absolute Gasteiger partial charge is 0.476 e. The van der Waals surface area contributed by atoms with Crippen LogP contribution in [-0.4, -0.2) is 35.7 Å². The number of unbranched alkanes of at least 4 members (excludes halogenated alkanes) is 9. The average Bonchev–Trinajstić information content (AvgIpc) is 2.92. The lowest BCUT2D eigenvalue weighted by atomic mass is 10.1. The Balaban J connectivity index is 2.02. The fourth-order valence-corrected chi connectivity index (χ4v) is 5.33. The van der Waals surface area contributed by atoms with E-state index in [2.05, 4.69) is 12.2 Å². The van der Waals surface area contributed by atoms with Crippen LogP contribution < -0.4 is 10.1 Å². The van der Waals surface area contributed by atoms with Gasteiger partial charge in [0.2, 0.25) is 0 Å². The molecule has 0 unspecified atom stereocenters. The van der Waals surface area contributed by atoms with Crippen molar-refractivity contribution in [3.05, 3.63) is 57.0 Å². The van der Waals surface area contributed by atoms with E-state index in [0.717, 1.165) is 24.8 Å². The van der Waals surface area contributed by atoms with Gasteiger partial charge >= 0.3 is 12.0 Å². The molecule has 9 heteroatoms. The smallest absolute Gasteiger partial charge is 0.349 e. The first-order valence-corrected chi connectivity index (χ1v) is 15.9. The van der Waals surface area contributed by atoms with Crippen molar-refractivity contribution in [3.63, 3.8) is 0 Å². The van der Waals surface area contributed by atoms with Crippen molar-refractivity contribution < 1.29 is 19.1 Å². The highest BCUT2D eigenvalue weighted by atomic mass is 35.5. The number of hydrogen-bond acceptors (Lipinski definition) is 4. The molecule has 0 saturated carbocycles. The second kappa shape index (κ2) is 18.4. The number of carbonyl (C=O) groups is 2. The minimum atomic E-state index is -1.12. The van der Waals surface area contributed by atoms with Crippen molar-refractivity contribution in [2.75, 3.05) is 18.5 Å².